The summed E-state index contributed by atoms with van der Waals surface area (Å²) in [5.41, 5.74) is 0.728. The van der Waals surface area contributed by atoms with Gasteiger partial charge in [-0.2, -0.15) is 0 Å². The Kier molecular flexibility index (Phi) is 4.43. The molecule has 1 aromatic carbocycles. The molecule has 0 amide bonds. The normalized spacial score (nSPS) is 20.2. The molecule has 17 heavy (non-hydrogen) atoms. The fraction of sp³-hybridized carbons (Fsp3) is 0.462. The molecule has 1 aliphatic rings. The molecule has 0 radical (unpaired) electrons. The van der Waals surface area contributed by atoms with Crippen molar-refractivity contribution in [3.8, 4) is 0 Å². The molecule has 0 spiro atoms. The smallest absolute Gasteiger partial charge is 0.142 e. The van der Waals surface area contributed by atoms with E-state index in [1.165, 1.54) is 0 Å². The second-order valence-electron chi connectivity index (χ2n) is 4.26. The number of carbonyl (C=O) groups is 1. The van der Waals surface area contributed by atoms with Gasteiger partial charge in [0.1, 0.15) is 5.78 Å². The van der Waals surface area contributed by atoms with Crippen LogP contribution in [0.3, 0.4) is 0 Å². The van der Waals surface area contributed by atoms with Gasteiger partial charge in [-0.05, 0) is 30.5 Å². The van der Waals surface area contributed by atoms with Crippen LogP contribution in [0.2, 0.25) is 10.0 Å². The molecule has 1 heterocycles. The van der Waals surface area contributed by atoms with Crippen LogP contribution < -0.4 is 0 Å². The van der Waals surface area contributed by atoms with E-state index in [-0.39, 0.29) is 11.7 Å². The number of Topliss-reactive ketones (excluding diaryl/α,β-unsaturated/α-hetero) is 1. The largest absolute Gasteiger partial charge is 0.381 e. The third kappa shape index (κ3) is 3.21. The standard InChI is InChI=1S/C13H14Cl2O2/c14-11-4-1-5-12(15)10(11)7-13(16)9-3-2-6-17-8-9/h1,4-5,9H,2-3,6-8H2. The Morgan fingerprint density at radius 1 is 1.35 bits per heavy atom. The van der Waals surface area contributed by atoms with Gasteiger partial charge in [0, 0.05) is 29.0 Å². The highest BCUT2D eigenvalue weighted by molar-refractivity contribution is 6.36. The van der Waals surface area contributed by atoms with Crippen molar-refractivity contribution in [2.24, 2.45) is 5.92 Å². The Labute approximate surface area is 111 Å². The molecule has 92 valence electrons. The minimum absolute atomic E-state index is 0.00362. The molecule has 1 aliphatic heterocycles. The van der Waals surface area contributed by atoms with Crippen LogP contribution in [0.4, 0.5) is 0 Å². The highest BCUT2D eigenvalue weighted by Crippen LogP contribution is 2.26. The van der Waals surface area contributed by atoms with E-state index in [9.17, 15) is 4.79 Å². The lowest BCUT2D eigenvalue weighted by Crippen LogP contribution is -2.26. The number of benzene rings is 1. The summed E-state index contributed by atoms with van der Waals surface area (Å²) in [5.74, 6) is 0.163. The second-order valence-corrected chi connectivity index (χ2v) is 5.07. The molecule has 2 rings (SSSR count). The van der Waals surface area contributed by atoms with Crippen LogP contribution in [0.25, 0.3) is 0 Å². The van der Waals surface area contributed by atoms with Crippen molar-refractivity contribution in [3.05, 3.63) is 33.8 Å². The Balaban J connectivity index is 2.07. The van der Waals surface area contributed by atoms with Crippen molar-refractivity contribution in [1.82, 2.24) is 0 Å². The molecule has 2 nitrogen and oxygen atoms in total. The first kappa shape index (κ1) is 12.9. The van der Waals surface area contributed by atoms with E-state index in [0.29, 0.717) is 23.1 Å². The summed E-state index contributed by atoms with van der Waals surface area (Å²) in [6.07, 6.45) is 2.15. The monoisotopic (exact) mass is 272 g/mol. The number of hydrogen-bond donors (Lipinski definition) is 0. The maximum atomic E-state index is 12.1. The fourth-order valence-electron chi connectivity index (χ4n) is 2.01. The molecular formula is C13H14Cl2O2. The summed E-state index contributed by atoms with van der Waals surface area (Å²) >= 11 is 12.1. The zero-order chi connectivity index (χ0) is 12.3. The molecular weight excluding hydrogens is 259 g/mol. The highest BCUT2D eigenvalue weighted by atomic mass is 35.5. The third-order valence-electron chi connectivity index (χ3n) is 3.03. The Hall–Kier alpha value is -0.570. The number of ketones is 1. The first-order valence-corrected chi connectivity index (χ1v) is 6.47. The van der Waals surface area contributed by atoms with E-state index in [4.69, 9.17) is 27.9 Å². The molecule has 1 atom stereocenters. The molecule has 1 aromatic rings. The van der Waals surface area contributed by atoms with Gasteiger partial charge in [-0.25, -0.2) is 0 Å². The van der Waals surface area contributed by atoms with E-state index < -0.39 is 0 Å². The molecule has 0 bridgehead atoms. The van der Waals surface area contributed by atoms with E-state index in [1.54, 1.807) is 18.2 Å². The van der Waals surface area contributed by atoms with Crippen molar-refractivity contribution >= 4 is 29.0 Å². The average molecular weight is 273 g/mol. The van der Waals surface area contributed by atoms with Gasteiger partial charge < -0.3 is 4.74 Å². The molecule has 0 aliphatic carbocycles. The highest BCUT2D eigenvalue weighted by Gasteiger charge is 2.23. The van der Waals surface area contributed by atoms with Gasteiger partial charge in [-0.1, -0.05) is 29.3 Å². The van der Waals surface area contributed by atoms with E-state index in [2.05, 4.69) is 0 Å². The molecule has 0 N–H and O–H groups in total. The fourth-order valence-corrected chi connectivity index (χ4v) is 2.55. The topological polar surface area (TPSA) is 26.3 Å². The van der Waals surface area contributed by atoms with Crippen molar-refractivity contribution in [2.45, 2.75) is 19.3 Å². The predicted octanol–water partition coefficient (Wildman–Crippen LogP) is 3.53. The number of rotatable bonds is 3. The molecule has 0 saturated carbocycles. The van der Waals surface area contributed by atoms with Crippen LogP contribution in [0.5, 0.6) is 0 Å². The number of hydrogen-bond acceptors (Lipinski definition) is 2. The average Bonchev–Trinajstić information content (AvgIpc) is 2.35. The molecule has 1 saturated heterocycles. The van der Waals surface area contributed by atoms with E-state index >= 15 is 0 Å². The zero-order valence-electron chi connectivity index (χ0n) is 9.42. The summed E-state index contributed by atoms with van der Waals surface area (Å²) in [5, 5.41) is 1.12. The van der Waals surface area contributed by atoms with Gasteiger partial charge in [0.2, 0.25) is 0 Å². The van der Waals surface area contributed by atoms with E-state index in [0.717, 1.165) is 25.0 Å². The Morgan fingerprint density at radius 3 is 2.65 bits per heavy atom. The second kappa shape index (κ2) is 5.85. The summed E-state index contributed by atoms with van der Waals surface area (Å²) in [6, 6.07) is 5.29. The lowest BCUT2D eigenvalue weighted by atomic mass is 9.93. The van der Waals surface area contributed by atoms with Crippen LogP contribution in [-0.4, -0.2) is 19.0 Å². The summed E-state index contributed by atoms with van der Waals surface area (Å²) in [7, 11) is 0. The van der Waals surface area contributed by atoms with Crippen LogP contribution >= 0.6 is 23.2 Å². The minimum Gasteiger partial charge on any atom is -0.381 e. The third-order valence-corrected chi connectivity index (χ3v) is 3.74. The first-order chi connectivity index (χ1) is 8.18. The molecule has 1 unspecified atom stereocenters. The van der Waals surface area contributed by atoms with Crippen molar-refractivity contribution in [1.29, 1.82) is 0 Å². The molecule has 4 heteroatoms. The lowest BCUT2D eigenvalue weighted by Gasteiger charge is -2.21. The zero-order valence-corrected chi connectivity index (χ0v) is 10.9. The SMILES string of the molecule is O=C(Cc1c(Cl)cccc1Cl)C1CCCOC1. The number of ether oxygens (including phenoxy) is 1. The molecule has 1 fully saturated rings. The van der Waals surface area contributed by atoms with Crippen LogP contribution in [0.15, 0.2) is 18.2 Å². The summed E-state index contributed by atoms with van der Waals surface area (Å²) in [6.45, 7) is 1.29. The van der Waals surface area contributed by atoms with Gasteiger partial charge in [-0.15, -0.1) is 0 Å². The lowest BCUT2D eigenvalue weighted by molar-refractivity contribution is -0.126. The first-order valence-electron chi connectivity index (χ1n) is 5.72. The van der Waals surface area contributed by atoms with E-state index in [1.807, 2.05) is 0 Å². The van der Waals surface area contributed by atoms with Crippen LogP contribution in [-0.2, 0) is 16.0 Å². The van der Waals surface area contributed by atoms with Crippen molar-refractivity contribution < 1.29 is 9.53 Å². The summed E-state index contributed by atoms with van der Waals surface area (Å²) < 4.78 is 5.31. The Bertz CT molecular complexity index is 392. The maximum Gasteiger partial charge on any atom is 0.142 e. The van der Waals surface area contributed by atoms with Gasteiger partial charge >= 0.3 is 0 Å². The maximum absolute atomic E-state index is 12.1. The quantitative estimate of drug-likeness (QED) is 0.842. The van der Waals surface area contributed by atoms with Gasteiger partial charge in [-0.3, -0.25) is 4.79 Å². The van der Waals surface area contributed by atoms with Crippen LogP contribution in [0.1, 0.15) is 18.4 Å². The van der Waals surface area contributed by atoms with Gasteiger partial charge in [0.05, 0.1) is 6.61 Å². The number of carbonyl (C=O) groups excluding carboxylic acids is 1. The predicted molar refractivity (Wildman–Crippen MR) is 68.7 cm³/mol. The van der Waals surface area contributed by atoms with Gasteiger partial charge in [0.25, 0.3) is 0 Å². The van der Waals surface area contributed by atoms with Crippen molar-refractivity contribution in [3.63, 3.8) is 0 Å². The van der Waals surface area contributed by atoms with Gasteiger partial charge in [0.15, 0.2) is 0 Å². The molecule has 0 aromatic heterocycles. The summed E-state index contributed by atoms with van der Waals surface area (Å²) in [4.78, 5) is 12.1. The van der Waals surface area contributed by atoms with Crippen LogP contribution in [0, 0.1) is 5.92 Å². The number of halogens is 2. The Morgan fingerprint density at radius 2 is 2.06 bits per heavy atom. The minimum atomic E-state index is -0.00362. The van der Waals surface area contributed by atoms with Crippen molar-refractivity contribution in [2.75, 3.05) is 13.2 Å².